The Labute approximate surface area is 66.0 Å². The summed E-state index contributed by atoms with van der Waals surface area (Å²) in [6.45, 7) is 5.31. The molecule has 0 saturated carbocycles. The van der Waals surface area contributed by atoms with E-state index in [4.69, 9.17) is 4.74 Å². The van der Waals surface area contributed by atoms with Crippen molar-refractivity contribution in [2.75, 3.05) is 32.2 Å². The van der Waals surface area contributed by atoms with Crippen LogP contribution in [-0.2, 0) is 4.74 Å². The van der Waals surface area contributed by atoms with E-state index in [9.17, 15) is 0 Å². The summed E-state index contributed by atoms with van der Waals surface area (Å²) >= 11 is 0.108. The molecule has 10 heavy (non-hydrogen) atoms. The van der Waals surface area contributed by atoms with Gasteiger partial charge >= 0.3 is 0 Å². The molecule has 1 atom stereocenters. The maximum atomic E-state index is 5.43. The molecule has 1 heterocycles. The van der Waals surface area contributed by atoms with Gasteiger partial charge in [0.2, 0.25) is 0 Å². The molecule has 62 valence electrons. The topological polar surface area (TPSA) is 12.5 Å². The molecule has 0 unspecified atom stereocenters. The average molecular weight is 163 g/mol. The first kappa shape index (κ1) is 8.37. The molecule has 0 N–H and O–H groups in total. The lowest BCUT2D eigenvalue weighted by Crippen LogP contribution is -2.38. The number of morpholine rings is 1. The number of ether oxygens (including phenoxy) is 1. The Morgan fingerprint density at radius 1 is 1.50 bits per heavy atom. The van der Waals surface area contributed by atoms with Gasteiger partial charge < -0.3 is 4.74 Å². The molecule has 0 aromatic heterocycles. The van der Waals surface area contributed by atoms with Crippen LogP contribution in [-0.4, -0.2) is 42.6 Å². The van der Waals surface area contributed by atoms with Crippen molar-refractivity contribution in [1.29, 1.82) is 0 Å². The second-order valence-electron chi connectivity index (χ2n) is 2.94. The minimum absolute atomic E-state index is 0.108. The summed E-state index contributed by atoms with van der Waals surface area (Å²) in [5, 5.41) is 0. The molecule has 0 bridgehead atoms. The summed E-state index contributed by atoms with van der Waals surface area (Å²) in [5.41, 5.74) is 0. The molecule has 1 saturated heterocycles. The van der Waals surface area contributed by atoms with E-state index in [0.717, 1.165) is 19.7 Å². The molecular formula is C7H17NOS. The highest BCUT2D eigenvalue weighted by molar-refractivity contribution is 8.13. The predicted octanol–water partition coefficient (Wildman–Crippen LogP) is 0.883. The van der Waals surface area contributed by atoms with Crippen LogP contribution in [0.25, 0.3) is 0 Å². The second kappa shape index (κ2) is 3.60. The van der Waals surface area contributed by atoms with Crippen LogP contribution in [0, 0.1) is 0 Å². The Kier molecular flexibility index (Phi) is 3.01. The van der Waals surface area contributed by atoms with Crippen LogP contribution in [0.3, 0.4) is 0 Å². The van der Waals surface area contributed by atoms with E-state index in [0.29, 0.717) is 6.10 Å². The third-order valence-electron chi connectivity index (χ3n) is 1.79. The van der Waals surface area contributed by atoms with Crippen LogP contribution in [0.1, 0.15) is 6.92 Å². The standard InChI is InChI=1S/C7H17NOS/c1-7-6-8(10(2)3)4-5-9-7/h7,10H,4-6H2,1-3H3/t7-/m0/s1. The number of hydrogen-bond donors (Lipinski definition) is 1. The van der Waals surface area contributed by atoms with Crippen molar-refractivity contribution in [3.05, 3.63) is 0 Å². The maximum Gasteiger partial charge on any atom is 0.0683 e. The van der Waals surface area contributed by atoms with Gasteiger partial charge in [0.1, 0.15) is 0 Å². The van der Waals surface area contributed by atoms with Gasteiger partial charge in [-0.05, 0) is 19.4 Å². The van der Waals surface area contributed by atoms with Gasteiger partial charge in [0.05, 0.1) is 12.7 Å². The highest BCUT2D eigenvalue weighted by atomic mass is 32.2. The molecule has 0 radical (unpaired) electrons. The lowest BCUT2D eigenvalue weighted by atomic mass is 10.3. The Morgan fingerprint density at radius 3 is 2.60 bits per heavy atom. The normalized spacial score (nSPS) is 30.3. The lowest BCUT2D eigenvalue weighted by Gasteiger charge is -2.35. The van der Waals surface area contributed by atoms with Crippen molar-refractivity contribution in [1.82, 2.24) is 4.31 Å². The zero-order valence-corrected chi connectivity index (χ0v) is 7.90. The van der Waals surface area contributed by atoms with Gasteiger partial charge in [0.15, 0.2) is 0 Å². The van der Waals surface area contributed by atoms with Gasteiger partial charge in [-0.3, -0.25) is 4.31 Å². The van der Waals surface area contributed by atoms with Crippen LogP contribution in [0.15, 0.2) is 0 Å². The zero-order chi connectivity index (χ0) is 7.56. The molecule has 0 aromatic carbocycles. The maximum absolute atomic E-state index is 5.43. The zero-order valence-electron chi connectivity index (χ0n) is 7.00. The third kappa shape index (κ3) is 2.15. The summed E-state index contributed by atoms with van der Waals surface area (Å²) in [6.07, 6.45) is 5.04. The highest BCUT2D eigenvalue weighted by Gasteiger charge is 2.16. The SMILES string of the molecule is C[C@H]1CN([SH](C)C)CCO1. The van der Waals surface area contributed by atoms with E-state index in [1.54, 1.807) is 0 Å². The van der Waals surface area contributed by atoms with E-state index in [1.165, 1.54) is 0 Å². The molecule has 0 amide bonds. The Hall–Kier alpha value is 0.270. The van der Waals surface area contributed by atoms with E-state index in [1.807, 2.05) is 0 Å². The molecule has 1 rings (SSSR count). The fraction of sp³-hybridized carbons (Fsp3) is 1.00. The summed E-state index contributed by atoms with van der Waals surface area (Å²) in [7, 11) is 0. The summed E-state index contributed by atoms with van der Waals surface area (Å²) in [5.74, 6) is 0. The van der Waals surface area contributed by atoms with Crippen molar-refractivity contribution in [3.63, 3.8) is 0 Å². The molecule has 1 aliphatic rings. The fourth-order valence-corrected chi connectivity index (χ4v) is 2.20. The first-order valence-corrected chi connectivity index (χ1v) is 5.93. The number of thiol groups is 1. The van der Waals surface area contributed by atoms with E-state index >= 15 is 0 Å². The lowest BCUT2D eigenvalue weighted by molar-refractivity contribution is 0.0129. The van der Waals surface area contributed by atoms with Gasteiger partial charge in [-0.15, -0.1) is 0 Å². The number of nitrogens with zero attached hydrogens (tertiary/aromatic N) is 1. The van der Waals surface area contributed by atoms with E-state index in [-0.39, 0.29) is 11.1 Å². The van der Waals surface area contributed by atoms with Crippen LogP contribution in [0.5, 0.6) is 0 Å². The Balaban J connectivity index is 2.32. The molecule has 2 nitrogen and oxygen atoms in total. The van der Waals surface area contributed by atoms with Gasteiger partial charge in [0, 0.05) is 13.1 Å². The molecular weight excluding hydrogens is 146 g/mol. The number of hydrogen-bond acceptors (Lipinski definition) is 2. The van der Waals surface area contributed by atoms with Crippen molar-refractivity contribution in [2.45, 2.75) is 13.0 Å². The summed E-state index contributed by atoms with van der Waals surface area (Å²) < 4.78 is 7.94. The van der Waals surface area contributed by atoms with E-state index in [2.05, 4.69) is 23.7 Å². The smallest absolute Gasteiger partial charge is 0.0683 e. The largest absolute Gasteiger partial charge is 0.376 e. The average Bonchev–Trinajstić information content (AvgIpc) is 1.88. The van der Waals surface area contributed by atoms with Crippen LogP contribution in [0.2, 0.25) is 0 Å². The van der Waals surface area contributed by atoms with Crippen LogP contribution >= 0.6 is 11.1 Å². The van der Waals surface area contributed by atoms with E-state index < -0.39 is 0 Å². The fourth-order valence-electron chi connectivity index (χ4n) is 1.16. The minimum Gasteiger partial charge on any atom is -0.376 e. The Morgan fingerprint density at radius 2 is 2.20 bits per heavy atom. The second-order valence-corrected chi connectivity index (χ2v) is 5.20. The third-order valence-corrected chi connectivity index (χ3v) is 3.28. The highest BCUT2D eigenvalue weighted by Crippen LogP contribution is 2.23. The van der Waals surface area contributed by atoms with Crippen molar-refractivity contribution >= 4 is 11.1 Å². The monoisotopic (exact) mass is 163 g/mol. The number of rotatable bonds is 1. The summed E-state index contributed by atoms with van der Waals surface area (Å²) in [4.78, 5) is 0. The molecule has 3 heteroatoms. The van der Waals surface area contributed by atoms with Crippen molar-refractivity contribution in [3.8, 4) is 0 Å². The van der Waals surface area contributed by atoms with Gasteiger partial charge in [-0.2, -0.15) is 0 Å². The van der Waals surface area contributed by atoms with Gasteiger partial charge in [-0.1, -0.05) is 0 Å². The first-order chi connectivity index (χ1) is 4.70. The molecule has 0 aliphatic carbocycles. The molecule has 0 spiro atoms. The van der Waals surface area contributed by atoms with Gasteiger partial charge in [0.25, 0.3) is 0 Å². The quantitative estimate of drug-likeness (QED) is 0.576. The van der Waals surface area contributed by atoms with Crippen LogP contribution < -0.4 is 0 Å². The first-order valence-electron chi connectivity index (χ1n) is 3.74. The summed E-state index contributed by atoms with van der Waals surface area (Å²) in [6, 6.07) is 0. The van der Waals surface area contributed by atoms with Crippen molar-refractivity contribution in [2.24, 2.45) is 0 Å². The molecule has 1 fully saturated rings. The van der Waals surface area contributed by atoms with Crippen molar-refractivity contribution < 1.29 is 4.74 Å². The van der Waals surface area contributed by atoms with Crippen LogP contribution in [0.4, 0.5) is 0 Å². The molecule has 0 aromatic rings. The minimum atomic E-state index is 0.108. The van der Waals surface area contributed by atoms with Gasteiger partial charge in [-0.25, -0.2) is 11.1 Å². The Bertz CT molecular complexity index is 108. The molecule has 1 aliphatic heterocycles. The predicted molar refractivity (Wildman–Crippen MR) is 47.8 cm³/mol.